The maximum atomic E-state index is 13.7. The van der Waals surface area contributed by atoms with E-state index in [4.69, 9.17) is 18.9 Å². The number of carbonyl (C=O) groups excluding carboxylic acids is 3. The number of rotatable bonds is 15. The van der Waals surface area contributed by atoms with Gasteiger partial charge >= 0.3 is 18.8 Å². The molecule has 0 aliphatic carbocycles. The number of nitrogens with zero attached hydrogens (tertiary/aromatic N) is 2. The van der Waals surface area contributed by atoms with Crippen LogP contribution in [-0.4, -0.2) is 97.3 Å². The minimum Gasteiger partial charge on any atom is -0.453 e. The van der Waals surface area contributed by atoms with Crippen molar-refractivity contribution in [2.24, 2.45) is 11.3 Å². The molecule has 5 rings (SSSR count). The number of benzene rings is 2. The first-order valence-corrected chi connectivity index (χ1v) is 17.6. The standard InChI is InChI=1S/C38H47F2N5O9/c1-38(2,3)32(43-36(48)50-4)33(47)44-45(20-24-9-13-27(14-10-24)53-35(39)40)21-30(46)29(42-37(49)54-31-22-52-34-28(31)15-17-51-34)18-23-7-11-25(12-8-23)26-6-5-16-41-19-26/h5-14,16,19,28-32,34-35,46H,15,17-18,20-22H2,1-4H3,(H,42,49)(H,43,48)(H,44,47). The topological polar surface area (TPSA) is 170 Å². The van der Waals surface area contributed by atoms with Crippen molar-refractivity contribution < 1.29 is 52.0 Å². The van der Waals surface area contributed by atoms with E-state index in [1.165, 1.54) is 36.4 Å². The molecule has 2 fully saturated rings. The smallest absolute Gasteiger partial charge is 0.407 e. The molecule has 2 aliphatic heterocycles. The van der Waals surface area contributed by atoms with Crippen molar-refractivity contribution >= 4 is 18.1 Å². The molecular formula is C38H47F2N5O9. The van der Waals surface area contributed by atoms with Gasteiger partial charge in [-0.1, -0.05) is 63.2 Å². The molecule has 3 heterocycles. The highest BCUT2D eigenvalue weighted by atomic mass is 19.3. The molecule has 2 aromatic carbocycles. The number of nitrogens with one attached hydrogen (secondary N) is 3. The van der Waals surface area contributed by atoms with Gasteiger partial charge in [0.25, 0.3) is 5.91 Å². The summed E-state index contributed by atoms with van der Waals surface area (Å²) < 4.78 is 51.8. The molecule has 3 aromatic rings. The van der Waals surface area contributed by atoms with E-state index in [2.05, 4.69) is 25.8 Å². The van der Waals surface area contributed by atoms with Gasteiger partial charge in [0.2, 0.25) is 0 Å². The molecule has 2 saturated heterocycles. The number of ether oxygens (including phenoxy) is 5. The summed E-state index contributed by atoms with van der Waals surface area (Å²) >= 11 is 0. The molecular weight excluding hydrogens is 708 g/mol. The fraction of sp³-hybridized carbons (Fsp3) is 0.474. The molecule has 16 heteroatoms. The third kappa shape index (κ3) is 11.3. The van der Waals surface area contributed by atoms with Gasteiger partial charge in [0, 0.05) is 25.5 Å². The first kappa shape index (κ1) is 40.3. The molecule has 6 atom stereocenters. The number of aromatic nitrogens is 1. The van der Waals surface area contributed by atoms with E-state index < -0.39 is 60.7 Å². The lowest BCUT2D eigenvalue weighted by molar-refractivity contribution is -0.131. The zero-order chi connectivity index (χ0) is 38.8. The second-order valence-electron chi connectivity index (χ2n) is 14.2. The van der Waals surface area contributed by atoms with Gasteiger partial charge in [-0.05, 0) is 58.7 Å². The molecule has 14 nitrogen and oxygen atoms in total. The van der Waals surface area contributed by atoms with Crippen molar-refractivity contribution in [3.8, 4) is 16.9 Å². The monoisotopic (exact) mass is 755 g/mol. The average Bonchev–Trinajstić information content (AvgIpc) is 3.76. The van der Waals surface area contributed by atoms with E-state index >= 15 is 0 Å². The highest BCUT2D eigenvalue weighted by Gasteiger charge is 2.44. The Kier molecular flexibility index (Phi) is 13.7. The van der Waals surface area contributed by atoms with Crippen LogP contribution in [0, 0.1) is 11.3 Å². The van der Waals surface area contributed by atoms with Crippen LogP contribution in [0.5, 0.6) is 5.75 Å². The molecule has 0 saturated carbocycles. The van der Waals surface area contributed by atoms with Crippen LogP contribution in [0.4, 0.5) is 18.4 Å². The van der Waals surface area contributed by atoms with Gasteiger partial charge in [0.05, 0.1) is 38.4 Å². The summed E-state index contributed by atoms with van der Waals surface area (Å²) in [6.07, 6.45) is 0.463. The highest BCUT2D eigenvalue weighted by molar-refractivity contribution is 5.86. The van der Waals surface area contributed by atoms with Crippen molar-refractivity contribution in [3.63, 3.8) is 0 Å². The zero-order valence-corrected chi connectivity index (χ0v) is 30.6. The van der Waals surface area contributed by atoms with E-state index in [-0.39, 0.29) is 37.8 Å². The van der Waals surface area contributed by atoms with Gasteiger partial charge in [-0.25, -0.2) is 14.6 Å². The number of fused-ring (bicyclic) bond motifs is 1. The number of hydrogen-bond donors (Lipinski definition) is 4. The van der Waals surface area contributed by atoms with Gasteiger partial charge in [0.1, 0.15) is 17.9 Å². The summed E-state index contributed by atoms with van der Waals surface area (Å²) in [5.41, 5.74) is 5.24. The summed E-state index contributed by atoms with van der Waals surface area (Å²) in [4.78, 5) is 43.5. The Morgan fingerprint density at radius 2 is 1.70 bits per heavy atom. The molecule has 0 spiro atoms. The minimum atomic E-state index is -3.00. The Balaban J connectivity index is 1.38. The summed E-state index contributed by atoms with van der Waals surface area (Å²) in [5.74, 6) is -0.765. The van der Waals surface area contributed by atoms with Gasteiger partial charge in [-0.2, -0.15) is 8.78 Å². The molecule has 3 amide bonds. The van der Waals surface area contributed by atoms with E-state index in [0.717, 1.165) is 16.7 Å². The Morgan fingerprint density at radius 1 is 0.981 bits per heavy atom. The van der Waals surface area contributed by atoms with Crippen LogP contribution in [-0.2, 0) is 36.7 Å². The number of methoxy groups -OCH3 is 1. The van der Waals surface area contributed by atoms with Crippen LogP contribution >= 0.6 is 0 Å². The number of amides is 3. The lowest BCUT2D eigenvalue weighted by Gasteiger charge is -2.34. The van der Waals surface area contributed by atoms with E-state index in [9.17, 15) is 28.3 Å². The fourth-order valence-corrected chi connectivity index (χ4v) is 6.35. The third-order valence-corrected chi connectivity index (χ3v) is 9.19. The largest absolute Gasteiger partial charge is 0.453 e. The predicted octanol–water partition coefficient (Wildman–Crippen LogP) is 4.41. The van der Waals surface area contributed by atoms with Crippen LogP contribution in [0.15, 0.2) is 73.1 Å². The SMILES string of the molecule is COC(=O)NC(C(=O)NN(Cc1ccc(OC(F)F)cc1)CC(O)C(Cc1ccc(-c2cccnc2)cc1)NC(=O)OC1COC2OCCC12)C(C)(C)C. The van der Waals surface area contributed by atoms with E-state index in [1.807, 2.05) is 36.4 Å². The molecule has 2 aliphatic rings. The second kappa shape index (κ2) is 18.4. The van der Waals surface area contributed by atoms with Crippen LogP contribution in [0.2, 0.25) is 0 Å². The number of alkyl halides is 2. The van der Waals surface area contributed by atoms with Gasteiger partial charge in [-0.3, -0.25) is 15.2 Å². The maximum absolute atomic E-state index is 13.7. The highest BCUT2D eigenvalue weighted by Crippen LogP contribution is 2.33. The summed E-state index contributed by atoms with van der Waals surface area (Å²) in [6, 6.07) is 15.2. The number of pyridine rings is 1. The van der Waals surface area contributed by atoms with Crippen molar-refractivity contribution in [3.05, 3.63) is 84.2 Å². The van der Waals surface area contributed by atoms with Crippen LogP contribution in [0.3, 0.4) is 0 Å². The van der Waals surface area contributed by atoms with Gasteiger partial charge in [-0.15, -0.1) is 0 Å². The zero-order valence-electron chi connectivity index (χ0n) is 30.6. The molecule has 0 bridgehead atoms. The number of hydrogen-bond acceptors (Lipinski definition) is 11. The molecule has 0 radical (unpaired) electrons. The summed E-state index contributed by atoms with van der Waals surface area (Å²) in [6.45, 7) is 2.72. The van der Waals surface area contributed by atoms with Crippen molar-refractivity contribution in [1.82, 2.24) is 26.1 Å². The summed E-state index contributed by atoms with van der Waals surface area (Å²) in [5, 5.41) is 18.6. The van der Waals surface area contributed by atoms with Gasteiger partial charge in [0.15, 0.2) is 6.29 Å². The third-order valence-electron chi connectivity index (χ3n) is 9.19. The number of hydrazine groups is 1. The molecule has 4 N–H and O–H groups in total. The van der Waals surface area contributed by atoms with Crippen LogP contribution in [0.1, 0.15) is 38.3 Å². The van der Waals surface area contributed by atoms with Crippen LogP contribution in [0.25, 0.3) is 11.1 Å². The molecule has 54 heavy (non-hydrogen) atoms. The quantitative estimate of drug-likeness (QED) is 0.162. The fourth-order valence-electron chi connectivity index (χ4n) is 6.35. The normalized spacial score (nSPS) is 19.8. The lowest BCUT2D eigenvalue weighted by Crippen LogP contribution is -2.59. The number of alkyl carbamates (subject to hydrolysis) is 2. The van der Waals surface area contributed by atoms with Crippen LogP contribution < -0.4 is 20.8 Å². The van der Waals surface area contributed by atoms with Gasteiger partial charge < -0.3 is 39.4 Å². The molecule has 1 aromatic heterocycles. The first-order chi connectivity index (χ1) is 25.8. The maximum Gasteiger partial charge on any atom is 0.407 e. The minimum absolute atomic E-state index is 0.00764. The van der Waals surface area contributed by atoms with Crippen molar-refractivity contribution in [2.75, 3.05) is 26.9 Å². The Labute approximate surface area is 312 Å². The van der Waals surface area contributed by atoms with Crippen molar-refractivity contribution in [2.45, 2.75) is 77.4 Å². The number of carbonyl (C=O) groups is 3. The number of aliphatic hydroxyl groups excluding tert-OH is 1. The lowest BCUT2D eigenvalue weighted by atomic mass is 9.86. The average molecular weight is 756 g/mol. The van der Waals surface area contributed by atoms with E-state index in [0.29, 0.717) is 18.6 Å². The number of aliphatic hydroxyl groups is 1. The molecule has 6 unspecified atom stereocenters. The van der Waals surface area contributed by atoms with E-state index in [1.54, 1.807) is 33.2 Å². The Hall–Kier alpha value is -4.90. The second-order valence-corrected chi connectivity index (χ2v) is 14.2. The predicted molar refractivity (Wildman–Crippen MR) is 191 cm³/mol. The Morgan fingerprint density at radius 3 is 2.35 bits per heavy atom. The Bertz CT molecular complexity index is 1680. The number of halogens is 2. The summed E-state index contributed by atoms with van der Waals surface area (Å²) in [7, 11) is 1.18. The van der Waals surface area contributed by atoms with Crippen molar-refractivity contribution in [1.29, 1.82) is 0 Å². The first-order valence-electron chi connectivity index (χ1n) is 17.6. The molecule has 292 valence electrons.